The predicted molar refractivity (Wildman–Crippen MR) is 118 cm³/mol. The number of carbonyl (C=O) groups excluding carboxylic acids is 1. The minimum Gasteiger partial charge on any atom is -0.338 e. The van der Waals surface area contributed by atoms with Crippen LogP contribution in [0.2, 0.25) is 0 Å². The Bertz CT molecular complexity index is 1080. The van der Waals surface area contributed by atoms with Crippen LogP contribution in [0.5, 0.6) is 0 Å². The van der Waals surface area contributed by atoms with Crippen LogP contribution >= 0.6 is 0 Å². The van der Waals surface area contributed by atoms with Gasteiger partial charge in [0, 0.05) is 37.7 Å². The third-order valence-corrected chi connectivity index (χ3v) is 5.81. The summed E-state index contributed by atoms with van der Waals surface area (Å²) >= 11 is 0. The van der Waals surface area contributed by atoms with Crippen LogP contribution in [0.4, 0.5) is 0 Å². The molecule has 6 nitrogen and oxygen atoms in total. The summed E-state index contributed by atoms with van der Waals surface area (Å²) in [7, 11) is 1.69. The Kier molecular flexibility index (Phi) is 5.57. The fourth-order valence-electron chi connectivity index (χ4n) is 4.25. The average Bonchev–Trinajstić information content (AvgIpc) is 3.08. The van der Waals surface area contributed by atoms with Gasteiger partial charge in [-0.25, -0.2) is 9.48 Å². The second-order valence-corrected chi connectivity index (χ2v) is 8.26. The monoisotopic (exact) mass is 404 g/mol. The Morgan fingerprint density at radius 3 is 2.37 bits per heavy atom. The van der Waals surface area contributed by atoms with Crippen molar-refractivity contribution in [2.75, 3.05) is 13.1 Å². The van der Waals surface area contributed by atoms with Crippen LogP contribution in [0.25, 0.3) is 11.1 Å². The molecule has 4 rings (SSSR count). The van der Waals surface area contributed by atoms with E-state index in [4.69, 9.17) is 0 Å². The van der Waals surface area contributed by atoms with Gasteiger partial charge in [-0.2, -0.15) is 5.10 Å². The first-order valence-electron chi connectivity index (χ1n) is 10.6. The van der Waals surface area contributed by atoms with E-state index in [-0.39, 0.29) is 23.6 Å². The molecule has 1 aromatic heterocycles. The number of amides is 1. The van der Waals surface area contributed by atoms with E-state index in [1.807, 2.05) is 61.2 Å². The normalized spacial score (nSPS) is 16.8. The summed E-state index contributed by atoms with van der Waals surface area (Å²) in [5.74, 6) is 0.894. The lowest BCUT2D eigenvalue weighted by Gasteiger charge is -2.32. The molecule has 1 saturated heterocycles. The van der Waals surface area contributed by atoms with Crippen LogP contribution in [0.1, 0.15) is 54.8 Å². The van der Waals surface area contributed by atoms with E-state index in [2.05, 4.69) is 17.2 Å². The molecule has 1 amide bonds. The highest BCUT2D eigenvalue weighted by Gasteiger charge is 2.30. The van der Waals surface area contributed by atoms with Crippen molar-refractivity contribution in [1.82, 2.24) is 19.2 Å². The predicted octanol–water partition coefficient (Wildman–Crippen LogP) is 3.85. The van der Waals surface area contributed by atoms with Crippen molar-refractivity contribution in [3.8, 4) is 11.1 Å². The summed E-state index contributed by atoms with van der Waals surface area (Å²) in [5.41, 5.74) is 2.83. The second-order valence-electron chi connectivity index (χ2n) is 8.26. The van der Waals surface area contributed by atoms with Crippen molar-refractivity contribution < 1.29 is 4.79 Å². The third kappa shape index (κ3) is 3.82. The van der Waals surface area contributed by atoms with Gasteiger partial charge in [0.25, 0.3) is 5.91 Å². The van der Waals surface area contributed by atoms with Crippen molar-refractivity contribution >= 4 is 5.91 Å². The minimum atomic E-state index is -0.0973. The van der Waals surface area contributed by atoms with Gasteiger partial charge in [0.05, 0.1) is 0 Å². The molecule has 30 heavy (non-hydrogen) atoms. The van der Waals surface area contributed by atoms with Gasteiger partial charge in [-0.3, -0.25) is 9.36 Å². The molecular weight excluding hydrogens is 376 g/mol. The molecule has 6 heteroatoms. The maximum absolute atomic E-state index is 13.1. The van der Waals surface area contributed by atoms with Crippen molar-refractivity contribution in [2.24, 2.45) is 7.05 Å². The molecule has 0 aliphatic carbocycles. The highest BCUT2D eigenvalue weighted by Crippen LogP contribution is 2.28. The molecule has 0 N–H and O–H groups in total. The van der Waals surface area contributed by atoms with E-state index in [1.54, 1.807) is 11.6 Å². The smallest absolute Gasteiger partial charge is 0.338 e. The standard InChI is InChI=1S/C24H28N4O2/c1-17(2)28-22(25-26(3)24(28)30)21-10-7-15-27(16-21)23(29)20-13-11-19(12-14-20)18-8-5-4-6-9-18/h4-6,8-9,11-14,17,21H,7,10,15-16H2,1-3H3. The van der Waals surface area contributed by atoms with Crippen molar-refractivity contribution in [3.05, 3.63) is 76.5 Å². The maximum atomic E-state index is 13.1. The van der Waals surface area contributed by atoms with Crippen molar-refractivity contribution in [3.63, 3.8) is 0 Å². The van der Waals surface area contributed by atoms with Gasteiger partial charge in [0.15, 0.2) is 0 Å². The first-order valence-corrected chi connectivity index (χ1v) is 10.6. The van der Waals surface area contributed by atoms with Gasteiger partial charge in [-0.05, 0) is 49.9 Å². The summed E-state index contributed by atoms with van der Waals surface area (Å²) in [6.45, 7) is 5.30. The zero-order valence-electron chi connectivity index (χ0n) is 17.8. The number of piperidine rings is 1. The van der Waals surface area contributed by atoms with E-state index in [9.17, 15) is 9.59 Å². The van der Waals surface area contributed by atoms with Crippen LogP contribution < -0.4 is 5.69 Å². The molecular formula is C24H28N4O2. The van der Waals surface area contributed by atoms with Gasteiger partial charge in [0.2, 0.25) is 0 Å². The molecule has 1 aliphatic rings. The molecule has 0 spiro atoms. The zero-order chi connectivity index (χ0) is 21.3. The topological polar surface area (TPSA) is 60.1 Å². The average molecular weight is 405 g/mol. The first kappa shape index (κ1) is 20.1. The number of aryl methyl sites for hydroxylation is 1. The number of aromatic nitrogens is 3. The Balaban J connectivity index is 1.53. The van der Waals surface area contributed by atoms with Gasteiger partial charge < -0.3 is 4.90 Å². The number of nitrogens with zero attached hydrogens (tertiary/aromatic N) is 4. The minimum absolute atomic E-state index is 0.0358. The summed E-state index contributed by atoms with van der Waals surface area (Å²) in [5, 5.41) is 4.50. The Morgan fingerprint density at radius 1 is 1.03 bits per heavy atom. The molecule has 2 heterocycles. The maximum Gasteiger partial charge on any atom is 0.345 e. The van der Waals surface area contributed by atoms with Crippen molar-refractivity contribution in [2.45, 2.75) is 38.6 Å². The SMILES string of the molecule is CC(C)n1c(C2CCCN(C(=O)c3ccc(-c4ccccc4)cc3)C2)nn(C)c1=O. The van der Waals surface area contributed by atoms with E-state index in [0.717, 1.165) is 36.3 Å². The molecule has 1 atom stereocenters. The molecule has 0 saturated carbocycles. The Labute approximate surface area is 176 Å². The lowest BCUT2D eigenvalue weighted by molar-refractivity contribution is 0.0703. The number of carbonyl (C=O) groups is 1. The van der Waals surface area contributed by atoms with E-state index in [1.165, 1.54) is 4.68 Å². The van der Waals surface area contributed by atoms with Crippen LogP contribution in [0.3, 0.4) is 0 Å². The number of hydrogen-bond acceptors (Lipinski definition) is 3. The van der Waals surface area contributed by atoms with Crippen molar-refractivity contribution in [1.29, 1.82) is 0 Å². The zero-order valence-corrected chi connectivity index (χ0v) is 17.8. The molecule has 1 aliphatic heterocycles. The highest BCUT2D eigenvalue weighted by atomic mass is 16.2. The van der Waals surface area contributed by atoms with Gasteiger partial charge in [0.1, 0.15) is 5.82 Å². The summed E-state index contributed by atoms with van der Waals surface area (Å²) < 4.78 is 3.16. The van der Waals surface area contributed by atoms with Gasteiger partial charge >= 0.3 is 5.69 Å². The summed E-state index contributed by atoms with van der Waals surface area (Å²) in [6, 6.07) is 18.0. The molecule has 0 bridgehead atoms. The lowest BCUT2D eigenvalue weighted by Crippen LogP contribution is -2.40. The van der Waals surface area contributed by atoms with Crippen LogP contribution in [-0.4, -0.2) is 38.2 Å². The Hall–Kier alpha value is -3.15. The fraction of sp³-hybridized carbons (Fsp3) is 0.375. The number of benzene rings is 2. The molecule has 1 unspecified atom stereocenters. The summed E-state index contributed by atoms with van der Waals surface area (Å²) in [6.07, 6.45) is 1.83. The van der Waals surface area contributed by atoms with Crippen LogP contribution in [-0.2, 0) is 7.05 Å². The summed E-state index contributed by atoms with van der Waals surface area (Å²) in [4.78, 5) is 27.5. The molecule has 3 aromatic rings. The fourth-order valence-corrected chi connectivity index (χ4v) is 4.25. The van der Waals surface area contributed by atoms with E-state index >= 15 is 0 Å². The highest BCUT2D eigenvalue weighted by molar-refractivity contribution is 5.94. The number of rotatable bonds is 4. The largest absolute Gasteiger partial charge is 0.345 e. The third-order valence-electron chi connectivity index (χ3n) is 5.81. The van der Waals surface area contributed by atoms with Gasteiger partial charge in [-0.15, -0.1) is 0 Å². The van der Waals surface area contributed by atoms with Crippen LogP contribution in [0.15, 0.2) is 59.4 Å². The van der Waals surface area contributed by atoms with Crippen LogP contribution in [0, 0.1) is 0 Å². The molecule has 1 fully saturated rings. The van der Waals surface area contributed by atoms with Gasteiger partial charge in [-0.1, -0.05) is 42.5 Å². The van der Waals surface area contributed by atoms with E-state index < -0.39 is 0 Å². The molecule has 2 aromatic carbocycles. The van der Waals surface area contributed by atoms with E-state index in [0.29, 0.717) is 12.1 Å². The molecule has 156 valence electrons. The number of likely N-dealkylation sites (tertiary alicyclic amines) is 1. The number of hydrogen-bond donors (Lipinski definition) is 0. The second kappa shape index (κ2) is 8.30. The lowest BCUT2D eigenvalue weighted by atomic mass is 9.96. The quantitative estimate of drug-likeness (QED) is 0.664. The first-order chi connectivity index (χ1) is 14.5. The Morgan fingerprint density at radius 2 is 1.70 bits per heavy atom. The molecule has 0 radical (unpaired) electrons.